The Labute approximate surface area is 168 Å². The minimum atomic E-state index is -0.298. The van der Waals surface area contributed by atoms with E-state index in [-0.39, 0.29) is 29.5 Å². The highest BCUT2D eigenvalue weighted by molar-refractivity contribution is 6.10. The molecule has 0 saturated heterocycles. The van der Waals surface area contributed by atoms with E-state index in [0.29, 0.717) is 28.9 Å². The normalized spacial score (nSPS) is 17.4. The SMILES string of the molecule is Cc1cccc(NC(=O)c2ccccc2NC(=O)C2CC2c2ccccc2F)c1. The van der Waals surface area contributed by atoms with Gasteiger partial charge >= 0.3 is 0 Å². The van der Waals surface area contributed by atoms with Crippen LogP contribution in [0, 0.1) is 18.7 Å². The summed E-state index contributed by atoms with van der Waals surface area (Å²) in [7, 11) is 0. The van der Waals surface area contributed by atoms with Crippen molar-refractivity contribution in [1.82, 2.24) is 0 Å². The van der Waals surface area contributed by atoms with Gasteiger partial charge in [0.25, 0.3) is 5.91 Å². The van der Waals surface area contributed by atoms with Crippen molar-refractivity contribution in [2.75, 3.05) is 10.6 Å². The highest BCUT2D eigenvalue weighted by atomic mass is 19.1. The molecular weight excluding hydrogens is 367 g/mol. The first-order valence-corrected chi connectivity index (χ1v) is 9.55. The van der Waals surface area contributed by atoms with Crippen LogP contribution in [0.5, 0.6) is 0 Å². The zero-order chi connectivity index (χ0) is 20.4. The number of para-hydroxylation sites is 1. The van der Waals surface area contributed by atoms with E-state index in [1.54, 1.807) is 42.5 Å². The van der Waals surface area contributed by atoms with Crippen LogP contribution >= 0.6 is 0 Å². The number of halogens is 1. The van der Waals surface area contributed by atoms with Gasteiger partial charge in [-0.25, -0.2) is 4.39 Å². The fourth-order valence-electron chi connectivity index (χ4n) is 3.54. The standard InChI is InChI=1S/C24H21FN2O2/c1-15-7-6-8-16(13-15)26-23(28)18-10-3-5-12-22(18)27-24(29)20-14-19(20)17-9-2-4-11-21(17)25/h2-13,19-20H,14H2,1H3,(H,26,28)(H,27,29). The number of hydrogen-bond donors (Lipinski definition) is 2. The van der Waals surface area contributed by atoms with Crippen LogP contribution < -0.4 is 10.6 Å². The minimum absolute atomic E-state index is 0.121. The summed E-state index contributed by atoms with van der Waals surface area (Å²) in [6, 6.07) is 20.9. The first-order chi connectivity index (χ1) is 14.0. The van der Waals surface area contributed by atoms with Crippen LogP contribution in [0.3, 0.4) is 0 Å². The monoisotopic (exact) mass is 388 g/mol. The molecule has 0 aromatic heterocycles. The zero-order valence-electron chi connectivity index (χ0n) is 16.0. The first kappa shape index (κ1) is 18.9. The summed E-state index contributed by atoms with van der Waals surface area (Å²) in [5.41, 5.74) is 3.13. The molecule has 1 saturated carbocycles. The van der Waals surface area contributed by atoms with E-state index < -0.39 is 0 Å². The van der Waals surface area contributed by atoms with Crippen molar-refractivity contribution in [3.63, 3.8) is 0 Å². The lowest BCUT2D eigenvalue weighted by Gasteiger charge is -2.12. The zero-order valence-corrected chi connectivity index (χ0v) is 16.0. The maximum atomic E-state index is 14.0. The van der Waals surface area contributed by atoms with E-state index >= 15 is 0 Å². The molecule has 1 fully saturated rings. The van der Waals surface area contributed by atoms with Crippen molar-refractivity contribution in [3.8, 4) is 0 Å². The Morgan fingerprint density at radius 2 is 1.69 bits per heavy atom. The smallest absolute Gasteiger partial charge is 0.257 e. The number of anilines is 2. The fraction of sp³-hybridized carbons (Fsp3) is 0.167. The van der Waals surface area contributed by atoms with E-state index in [1.165, 1.54) is 6.07 Å². The van der Waals surface area contributed by atoms with Gasteiger partial charge in [0, 0.05) is 11.6 Å². The van der Waals surface area contributed by atoms with Gasteiger partial charge < -0.3 is 10.6 Å². The van der Waals surface area contributed by atoms with Crippen LogP contribution in [0.1, 0.15) is 33.8 Å². The van der Waals surface area contributed by atoms with Crippen molar-refractivity contribution in [3.05, 3.63) is 95.3 Å². The summed E-state index contributed by atoms with van der Waals surface area (Å²) in [4.78, 5) is 25.4. The summed E-state index contributed by atoms with van der Waals surface area (Å²) >= 11 is 0. The molecule has 3 aromatic carbocycles. The van der Waals surface area contributed by atoms with E-state index in [0.717, 1.165) is 5.56 Å². The molecule has 4 nitrogen and oxygen atoms in total. The van der Waals surface area contributed by atoms with E-state index in [4.69, 9.17) is 0 Å². The lowest BCUT2D eigenvalue weighted by atomic mass is 10.1. The van der Waals surface area contributed by atoms with Gasteiger partial charge in [-0.05, 0) is 60.7 Å². The molecule has 0 radical (unpaired) electrons. The van der Waals surface area contributed by atoms with Gasteiger partial charge in [0.15, 0.2) is 0 Å². The molecule has 2 unspecified atom stereocenters. The van der Waals surface area contributed by atoms with Crippen LogP contribution in [0.25, 0.3) is 0 Å². The predicted molar refractivity (Wildman–Crippen MR) is 111 cm³/mol. The van der Waals surface area contributed by atoms with Crippen molar-refractivity contribution in [1.29, 1.82) is 0 Å². The molecule has 2 N–H and O–H groups in total. The average molecular weight is 388 g/mol. The van der Waals surface area contributed by atoms with Crippen LogP contribution in [0.2, 0.25) is 0 Å². The van der Waals surface area contributed by atoms with E-state index in [9.17, 15) is 14.0 Å². The third kappa shape index (κ3) is 4.19. The molecule has 146 valence electrons. The summed E-state index contributed by atoms with van der Waals surface area (Å²) in [6.45, 7) is 1.95. The number of carbonyl (C=O) groups excluding carboxylic acids is 2. The molecule has 5 heteroatoms. The first-order valence-electron chi connectivity index (χ1n) is 9.55. The van der Waals surface area contributed by atoms with Gasteiger partial charge in [0.2, 0.25) is 5.91 Å². The van der Waals surface area contributed by atoms with Crippen LogP contribution in [-0.4, -0.2) is 11.8 Å². The lowest BCUT2D eigenvalue weighted by Crippen LogP contribution is -2.19. The van der Waals surface area contributed by atoms with Crippen molar-refractivity contribution in [2.45, 2.75) is 19.3 Å². The fourth-order valence-corrected chi connectivity index (χ4v) is 3.54. The van der Waals surface area contributed by atoms with Crippen molar-refractivity contribution < 1.29 is 14.0 Å². The Balaban J connectivity index is 1.47. The molecule has 29 heavy (non-hydrogen) atoms. The van der Waals surface area contributed by atoms with Gasteiger partial charge in [-0.3, -0.25) is 9.59 Å². The minimum Gasteiger partial charge on any atom is -0.325 e. The Morgan fingerprint density at radius 3 is 2.48 bits per heavy atom. The number of nitrogens with one attached hydrogen (secondary N) is 2. The van der Waals surface area contributed by atoms with Crippen LogP contribution in [0.15, 0.2) is 72.8 Å². The number of amides is 2. The molecule has 0 bridgehead atoms. The number of hydrogen-bond acceptors (Lipinski definition) is 2. The molecule has 4 rings (SSSR count). The van der Waals surface area contributed by atoms with E-state index in [2.05, 4.69) is 10.6 Å². The van der Waals surface area contributed by atoms with Gasteiger partial charge in [-0.1, -0.05) is 42.5 Å². The molecule has 1 aliphatic carbocycles. The Kier molecular flexibility index (Phi) is 5.12. The highest BCUT2D eigenvalue weighted by Gasteiger charge is 2.45. The molecule has 2 atom stereocenters. The van der Waals surface area contributed by atoms with Gasteiger partial charge in [-0.2, -0.15) is 0 Å². The third-order valence-corrected chi connectivity index (χ3v) is 5.14. The Morgan fingerprint density at radius 1 is 0.931 bits per heavy atom. The second-order valence-electron chi connectivity index (χ2n) is 7.33. The van der Waals surface area contributed by atoms with Crippen molar-refractivity contribution >= 4 is 23.2 Å². The number of aryl methyl sites for hydroxylation is 1. The summed E-state index contributed by atoms with van der Waals surface area (Å²) < 4.78 is 14.0. The Hall–Kier alpha value is -3.47. The number of rotatable bonds is 5. The maximum absolute atomic E-state index is 14.0. The van der Waals surface area contributed by atoms with Crippen LogP contribution in [0.4, 0.5) is 15.8 Å². The quantitative estimate of drug-likeness (QED) is 0.637. The summed E-state index contributed by atoms with van der Waals surface area (Å²) in [6.07, 6.45) is 0.602. The third-order valence-electron chi connectivity index (χ3n) is 5.14. The van der Waals surface area contributed by atoms with Crippen molar-refractivity contribution in [2.24, 2.45) is 5.92 Å². The summed E-state index contributed by atoms with van der Waals surface area (Å²) in [5, 5.41) is 5.71. The molecule has 2 amide bonds. The molecule has 0 spiro atoms. The largest absolute Gasteiger partial charge is 0.325 e. The molecule has 0 aliphatic heterocycles. The van der Waals surface area contributed by atoms with Gasteiger partial charge in [0.1, 0.15) is 5.82 Å². The predicted octanol–water partition coefficient (Wildman–Crippen LogP) is 5.13. The van der Waals surface area contributed by atoms with Crippen LogP contribution in [-0.2, 0) is 4.79 Å². The molecular formula is C24H21FN2O2. The second kappa shape index (κ2) is 7.87. The highest BCUT2D eigenvalue weighted by Crippen LogP contribution is 2.48. The number of carbonyl (C=O) groups is 2. The Bertz CT molecular complexity index is 1080. The number of benzene rings is 3. The lowest BCUT2D eigenvalue weighted by molar-refractivity contribution is -0.117. The topological polar surface area (TPSA) is 58.2 Å². The average Bonchev–Trinajstić information content (AvgIpc) is 3.49. The van der Waals surface area contributed by atoms with Gasteiger partial charge in [0.05, 0.1) is 11.3 Å². The van der Waals surface area contributed by atoms with E-state index in [1.807, 2.05) is 31.2 Å². The summed E-state index contributed by atoms with van der Waals surface area (Å²) in [5.74, 6) is -1.20. The maximum Gasteiger partial charge on any atom is 0.257 e. The molecule has 0 heterocycles. The van der Waals surface area contributed by atoms with Gasteiger partial charge in [-0.15, -0.1) is 0 Å². The molecule has 3 aromatic rings. The second-order valence-corrected chi connectivity index (χ2v) is 7.33. The molecule has 1 aliphatic rings.